The quantitative estimate of drug-likeness (QED) is 0.856. The highest BCUT2D eigenvalue weighted by Gasteiger charge is 2.12. The van der Waals surface area contributed by atoms with Crippen LogP contribution in [0.25, 0.3) is 0 Å². The number of carbonyl (C=O) groups is 1. The first-order valence-electron chi connectivity index (χ1n) is 6.18. The molecule has 5 nitrogen and oxygen atoms in total. The number of anilines is 1. The topological polar surface area (TPSA) is 72.9 Å². The molecule has 0 aliphatic heterocycles. The fourth-order valence-electron chi connectivity index (χ4n) is 2.10. The van der Waals surface area contributed by atoms with Gasteiger partial charge in [-0.05, 0) is 18.6 Å². The van der Waals surface area contributed by atoms with Gasteiger partial charge in [-0.3, -0.25) is 4.79 Å². The summed E-state index contributed by atoms with van der Waals surface area (Å²) in [4.78, 5) is 15.4. The fraction of sp³-hybridized carbons (Fsp3) is 0.286. The number of amides is 1. The predicted octanol–water partition coefficient (Wildman–Crippen LogP) is 1.62. The molecule has 100 valence electrons. The van der Waals surface area contributed by atoms with Gasteiger partial charge in [-0.1, -0.05) is 18.2 Å². The van der Waals surface area contributed by atoms with Crippen LogP contribution in [0.5, 0.6) is 0 Å². The molecule has 1 heterocycles. The van der Waals surface area contributed by atoms with E-state index in [1.807, 2.05) is 49.0 Å². The second-order valence-corrected chi connectivity index (χ2v) is 4.56. The van der Waals surface area contributed by atoms with Crippen molar-refractivity contribution in [1.82, 2.24) is 9.55 Å². The van der Waals surface area contributed by atoms with E-state index < -0.39 is 0 Å². The number of aromatic nitrogens is 2. The SMILES string of the molecule is CC(Nc1ccccc1CC(N)=O)c1nccn1C. The van der Waals surface area contributed by atoms with Gasteiger partial charge < -0.3 is 15.6 Å². The first-order valence-corrected chi connectivity index (χ1v) is 6.18. The van der Waals surface area contributed by atoms with Gasteiger partial charge in [-0.25, -0.2) is 4.98 Å². The summed E-state index contributed by atoms with van der Waals surface area (Å²) in [5.41, 5.74) is 7.07. The van der Waals surface area contributed by atoms with Crippen molar-refractivity contribution in [3.8, 4) is 0 Å². The molecule has 3 N–H and O–H groups in total. The Morgan fingerprint density at radius 3 is 2.84 bits per heavy atom. The zero-order valence-corrected chi connectivity index (χ0v) is 11.1. The summed E-state index contributed by atoms with van der Waals surface area (Å²) in [7, 11) is 1.95. The molecule has 1 aromatic heterocycles. The second-order valence-electron chi connectivity index (χ2n) is 4.56. The number of hydrogen-bond acceptors (Lipinski definition) is 3. The molecule has 0 radical (unpaired) electrons. The normalized spacial score (nSPS) is 12.1. The van der Waals surface area contributed by atoms with E-state index in [9.17, 15) is 4.79 Å². The number of nitrogens with one attached hydrogen (secondary N) is 1. The van der Waals surface area contributed by atoms with Gasteiger partial charge in [0.1, 0.15) is 5.82 Å². The van der Waals surface area contributed by atoms with E-state index in [2.05, 4.69) is 10.3 Å². The largest absolute Gasteiger partial charge is 0.375 e. The number of carbonyl (C=O) groups excluding carboxylic acids is 1. The Labute approximate surface area is 112 Å². The number of rotatable bonds is 5. The summed E-state index contributed by atoms with van der Waals surface area (Å²) in [6.07, 6.45) is 3.90. The van der Waals surface area contributed by atoms with Crippen LogP contribution in [0.1, 0.15) is 24.4 Å². The fourth-order valence-corrected chi connectivity index (χ4v) is 2.10. The molecule has 1 atom stereocenters. The van der Waals surface area contributed by atoms with Crippen LogP contribution in [0.2, 0.25) is 0 Å². The summed E-state index contributed by atoms with van der Waals surface area (Å²) in [6.45, 7) is 2.03. The number of para-hydroxylation sites is 1. The van der Waals surface area contributed by atoms with E-state index in [0.29, 0.717) is 0 Å². The van der Waals surface area contributed by atoms with Crippen molar-refractivity contribution < 1.29 is 4.79 Å². The summed E-state index contributed by atoms with van der Waals surface area (Å²) in [5.74, 6) is 0.604. The van der Waals surface area contributed by atoms with Crippen molar-refractivity contribution in [1.29, 1.82) is 0 Å². The molecule has 0 aliphatic carbocycles. The smallest absolute Gasteiger partial charge is 0.221 e. The minimum absolute atomic E-state index is 0.0500. The molecular formula is C14H18N4O. The lowest BCUT2D eigenvalue weighted by Gasteiger charge is -2.17. The van der Waals surface area contributed by atoms with Crippen LogP contribution < -0.4 is 11.1 Å². The minimum atomic E-state index is -0.334. The number of benzene rings is 1. The van der Waals surface area contributed by atoms with Crippen LogP contribution in [-0.4, -0.2) is 15.5 Å². The number of aryl methyl sites for hydroxylation is 1. The molecule has 0 saturated carbocycles. The van der Waals surface area contributed by atoms with Gasteiger partial charge in [0.2, 0.25) is 5.91 Å². The van der Waals surface area contributed by atoms with E-state index in [4.69, 9.17) is 5.73 Å². The average molecular weight is 258 g/mol. The number of primary amides is 1. The summed E-state index contributed by atoms with van der Waals surface area (Å²) in [5, 5.41) is 3.37. The molecular weight excluding hydrogens is 240 g/mol. The van der Waals surface area contributed by atoms with Gasteiger partial charge in [0, 0.05) is 25.1 Å². The van der Waals surface area contributed by atoms with E-state index in [-0.39, 0.29) is 18.4 Å². The molecule has 2 rings (SSSR count). The van der Waals surface area contributed by atoms with E-state index in [1.165, 1.54) is 0 Å². The molecule has 1 amide bonds. The maximum absolute atomic E-state index is 11.1. The molecule has 0 spiro atoms. The summed E-state index contributed by atoms with van der Waals surface area (Å²) < 4.78 is 1.97. The molecule has 1 aromatic carbocycles. The Balaban J connectivity index is 2.19. The van der Waals surface area contributed by atoms with Crippen LogP contribution in [0, 0.1) is 0 Å². The van der Waals surface area contributed by atoms with Gasteiger partial charge in [-0.15, -0.1) is 0 Å². The minimum Gasteiger partial charge on any atom is -0.375 e. The standard InChI is InChI=1S/C14H18N4O/c1-10(14-16-7-8-18(14)2)17-12-6-4-3-5-11(12)9-13(15)19/h3-8,10,17H,9H2,1-2H3,(H2,15,19). The molecule has 0 saturated heterocycles. The number of imidazole rings is 1. The highest BCUT2D eigenvalue weighted by Crippen LogP contribution is 2.21. The molecule has 2 aromatic rings. The number of nitrogens with zero attached hydrogens (tertiary/aromatic N) is 2. The van der Waals surface area contributed by atoms with Crippen molar-refractivity contribution in [2.45, 2.75) is 19.4 Å². The first kappa shape index (κ1) is 13.1. The maximum Gasteiger partial charge on any atom is 0.221 e. The third-order valence-electron chi connectivity index (χ3n) is 3.00. The molecule has 5 heteroatoms. The van der Waals surface area contributed by atoms with Crippen LogP contribution in [0.15, 0.2) is 36.7 Å². The highest BCUT2D eigenvalue weighted by atomic mass is 16.1. The Morgan fingerprint density at radius 2 is 2.21 bits per heavy atom. The predicted molar refractivity (Wildman–Crippen MR) is 74.6 cm³/mol. The second kappa shape index (κ2) is 5.56. The highest BCUT2D eigenvalue weighted by molar-refractivity contribution is 5.78. The van der Waals surface area contributed by atoms with Gasteiger partial charge >= 0.3 is 0 Å². The van der Waals surface area contributed by atoms with Gasteiger partial charge in [0.25, 0.3) is 0 Å². The monoisotopic (exact) mass is 258 g/mol. The van der Waals surface area contributed by atoms with Crippen molar-refractivity contribution in [2.75, 3.05) is 5.32 Å². The van der Waals surface area contributed by atoms with Crippen molar-refractivity contribution in [3.05, 3.63) is 48.0 Å². The third-order valence-corrected chi connectivity index (χ3v) is 3.00. The third kappa shape index (κ3) is 3.13. The van der Waals surface area contributed by atoms with Crippen LogP contribution in [-0.2, 0) is 18.3 Å². The first-order chi connectivity index (χ1) is 9.08. The summed E-state index contributed by atoms with van der Waals surface area (Å²) >= 11 is 0. The molecule has 0 fully saturated rings. The average Bonchev–Trinajstić information content (AvgIpc) is 2.77. The molecule has 19 heavy (non-hydrogen) atoms. The van der Waals surface area contributed by atoms with Gasteiger partial charge in [0.15, 0.2) is 0 Å². The molecule has 1 unspecified atom stereocenters. The molecule has 0 bridgehead atoms. The van der Waals surface area contributed by atoms with Gasteiger partial charge in [-0.2, -0.15) is 0 Å². The molecule has 0 aliphatic rings. The van der Waals surface area contributed by atoms with E-state index in [0.717, 1.165) is 17.1 Å². The lowest BCUT2D eigenvalue weighted by molar-refractivity contribution is -0.117. The number of hydrogen-bond donors (Lipinski definition) is 2. The van der Waals surface area contributed by atoms with Crippen LogP contribution >= 0.6 is 0 Å². The van der Waals surface area contributed by atoms with Crippen molar-refractivity contribution in [3.63, 3.8) is 0 Å². The number of nitrogens with two attached hydrogens (primary N) is 1. The Bertz CT molecular complexity index is 576. The Hall–Kier alpha value is -2.30. The summed E-state index contributed by atoms with van der Waals surface area (Å²) in [6, 6.07) is 7.72. The Morgan fingerprint density at radius 1 is 1.47 bits per heavy atom. The van der Waals surface area contributed by atoms with Crippen LogP contribution in [0.3, 0.4) is 0 Å². The zero-order valence-electron chi connectivity index (χ0n) is 11.1. The van der Waals surface area contributed by atoms with Crippen molar-refractivity contribution in [2.24, 2.45) is 12.8 Å². The van der Waals surface area contributed by atoms with E-state index >= 15 is 0 Å². The van der Waals surface area contributed by atoms with E-state index in [1.54, 1.807) is 6.20 Å². The van der Waals surface area contributed by atoms with Crippen molar-refractivity contribution >= 4 is 11.6 Å². The lowest BCUT2D eigenvalue weighted by Crippen LogP contribution is -2.17. The van der Waals surface area contributed by atoms with Crippen LogP contribution in [0.4, 0.5) is 5.69 Å². The zero-order chi connectivity index (χ0) is 13.8. The van der Waals surface area contributed by atoms with Gasteiger partial charge in [0.05, 0.1) is 12.5 Å². The lowest BCUT2D eigenvalue weighted by atomic mass is 10.1. The maximum atomic E-state index is 11.1. The Kier molecular flexibility index (Phi) is 3.85.